The average Bonchev–Trinajstić information content (AvgIpc) is 3.03. The molecule has 2 fully saturated rings. The molecule has 6 N–H and O–H groups in total. The van der Waals surface area contributed by atoms with Crippen LogP contribution in [0.15, 0.2) is 0 Å². The number of hydrogen-bond donors (Lipinski definition) is 5. The highest BCUT2D eigenvalue weighted by Gasteiger charge is 2.57. The van der Waals surface area contributed by atoms with Crippen LogP contribution in [-0.2, 0) is 9.59 Å². The highest BCUT2D eigenvalue weighted by molar-refractivity contribution is 6.40. The zero-order chi connectivity index (χ0) is 17.2. The van der Waals surface area contributed by atoms with Gasteiger partial charge in [-0.25, -0.2) is 0 Å². The highest BCUT2D eigenvalue weighted by Crippen LogP contribution is 2.41. The summed E-state index contributed by atoms with van der Waals surface area (Å²) >= 11 is 0. The van der Waals surface area contributed by atoms with Crippen LogP contribution < -0.4 is 11.1 Å². The van der Waals surface area contributed by atoms with Crippen molar-refractivity contribution < 1.29 is 24.7 Å². The van der Waals surface area contributed by atoms with Gasteiger partial charge >= 0.3 is 13.1 Å². The van der Waals surface area contributed by atoms with Crippen LogP contribution in [0.5, 0.6) is 0 Å². The lowest BCUT2D eigenvalue weighted by Gasteiger charge is -2.31. The summed E-state index contributed by atoms with van der Waals surface area (Å²) in [6.07, 6.45) is 2.43. The number of nitrogens with zero attached hydrogens (tertiary/aromatic N) is 1. The summed E-state index contributed by atoms with van der Waals surface area (Å²) in [6.45, 7) is 2.64. The molecule has 130 valence electrons. The minimum atomic E-state index is -1.36. The van der Waals surface area contributed by atoms with Gasteiger partial charge in [-0.05, 0) is 26.1 Å². The molecule has 9 heteroatoms. The van der Waals surface area contributed by atoms with Crippen LogP contribution in [0, 0.1) is 5.92 Å². The van der Waals surface area contributed by atoms with Crippen LogP contribution in [0.4, 0.5) is 0 Å². The van der Waals surface area contributed by atoms with Gasteiger partial charge in [0.2, 0.25) is 5.91 Å². The van der Waals surface area contributed by atoms with E-state index in [0.717, 1.165) is 0 Å². The van der Waals surface area contributed by atoms with Crippen molar-refractivity contribution in [1.82, 2.24) is 10.2 Å². The Hall–Kier alpha value is -1.16. The lowest BCUT2D eigenvalue weighted by atomic mass is 9.77. The van der Waals surface area contributed by atoms with E-state index >= 15 is 0 Å². The second kappa shape index (κ2) is 7.17. The van der Waals surface area contributed by atoms with Gasteiger partial charge in [-0.3, -0.25) is 14.9 Å². The van der Waals surface area contributed by atoms with E-state index in [-0.39, 0.29) is 24.2 Å². The monoisotopic (exact) mass is 327 g/mol. The number of aliphatic carboxylic acids is 1. The predicted molar refractivity (Wildman–Crippen MR) is 84.5 cm³/mol. The van der Waals surface area contributed by atoms with Gasteiger partial charge in [0.05, 0.1) is 6.04 Å². The minimum absolute atomic E-state index is 0.131. The highest BCUT2D eigenvalue weighted by atomic mass is 16.4. The Bertz CT molecular complexity index is 462. The Balaban J connectivity index is 2.05. The molecule has 23 heavy (non-hydrogen) atoms. The molecule has 2 heterocycles. The molecule has 0 bridgehead atoms. The third-order valence-electron chi connectivity index (χ3n) is 5.14. The summed E-state index contributed by atoms with van der Waals surface area (Å²) in [4.78, 5) is 25.8. The van der Waals surface area contributed by atoms with Gasteiger partial charge in [-0.15, -0.1) is 0 Å². The van der Waals surface area contributed by atoms with Crippen molar-refractivity contribution in [1.29, 1.82) is 0 Å². The molecular formula is C14H26BN3O5. The Morgan fingerprint density at radius 1 is 1.43 bits per heavy atom. The van der Waals surface area contributed by atoms with Gasteiger partial charge in [-0.2, -0.15) is 0 Å². The lowest BCUT2D eigenvalue weighted by molar-refractivity contribution is -0.146. The first-order chi connectivity index (χ1) is 10.8. The number of nitrogens with two attached hydrogens (primary N) is 1. The van der Waals surface area contributed by atoms with E-state index in [0.29, 0.717) is 38.8 Å². The molecule has 0 aliphatic carbocycles. The van der Waals surface area contributed by atoms with E-state index in [2.05, 4.69) is 5.32 Å². The fourth-order valence-corrected chi connectivity index (χ4v) is 3.98. The number of fused-ring (bicyclic) bond motifs is 1. The summed E-state index contributed by atoms with van der Waals surface area (Å²) in [6, 6.07) is -0.715. The summed E-state index contributed by atoms with van der Waals surface area (Å²) in [5.74, 6) is -1.17. The van der Waals surface area contributed by atoms with E-state index in [1.54, 1.807) is 11.8 Å². The zero-order valence-electron chi connectivity index (χ0n) is 13.4. The lowest BCUT2D eigenvalue weighted by Crippen LogP contribution is -2.52. The molecule has 0 radical (unpaired) electrons. The van der Waals surface area contributed by atoms with Gasteiger partial charge in [0, 0.05) is 25.0 Å². The molecule has 0 aromatic heterocycles. The molecule has 1 amide bonds. The standard InChI is InChI=1S/C14H26BN3O5/c1-9(16)12(19)18-7-4-10-11(18)8-17-14(10,13(20)21)5-2-3-6-15(22)23/h9-11,17,22-23H,2-8,16H2,1H3,(H,20,21)/t9?,10-,11-,14+/m0/s1. The van der Waals surface area contributed by atoms with Crippen molar-refractivity contribution in [3.05, 3.63) is 0 Å². The second-order valence-electron chi connectivity index (χ2n) is 6.67. The largest absolute Gasteiger partial charge is 0.480 e. The third kappa shape index (κ3) is 3.52. The fraction of sp³-hybridized carbons (Fsp3) is 0.857. The second-order valence-corrected chi connectivity index (χ2v) is 6.67. The number of carboxylic acids is 1. The van der Waals surface area contributed by atoms with E-state index in [1.807, 2.05) is 0 Å². The number of unbranched alkanes of at least 4 members (excludes halogenated alkanes) is 1. The number of carbonyl (C=O) groups excluding carboxylic acids is 1. The minimum Gasteiger partial charge on any atom is -0.480 e. The van der Waals surface area contributed by atoms with Gasteiger partial charge in [0.15, 0.2) is 0 Å². The number of carbonyl (C=O) groups is 2. The number of amides is 1. The zero-order valence-corrected chi connectivity index (χ0v) is 13.4. The summed E-state index contributed by atoms with van der Waals surface area (Å²) in [5.41, 5.74) is 4.63. The Kier molecular flexibility index (Phi) is 5.67. The van der Waals surface area contributed by atoms with Crippen LogP contribution in [0.2, 0.25) is 6.32 Å². The van der Waals surface area contributed by atoms with Crippen LogP contribution in [0.1, 0.15) is 32.6 Å². The van der Waals surface area contributed by atoms with Gasteiger partial charge in [-0.1, -0.05) is 12.8 Å². The molecular weight excluding hydrogens is 301 g/mol. The maximum Gasteiger partial charge on any atom is 0.451 e. The number of nitrogens with one attached hydrogen (secondary N) is 1. The molecule has 0 aromatic rings. The quantitative estimate of drug-likeness (QED) is 0.287. The van der Waals surface area contributed by atoms with Crippen LogP contribution in [0.3, 0.4) is 0 Å². The van der Waals surface area contributed by atoms with E-state index in [1.165, 1.54) is 0 Å². The SMILES string of the molecule is CC(N)C(=O)N1CC[C@H]2[C@@H]1CN[C@@]2(CCCCB(O)O)C(=O)O. The van der Waals surface area contributed by atoms with E-state index in [4.69, 9.17) is 15.8 Å². The first kappa shape index (κ1) is 18.2. The Morgan fingerprint density at radius 3 is 2.70 bits per heavy atom. The van der Waals surface area contributed by atoms with Crippen molar-refractivity contribution in [2.45, 2.75) is 56.5 Å². The Labute approximate surface area is 136 Å². The molecule has 8 nitrogen and oxygen atoms in total. The van der Waals surface area contributed by atoms with E-state index < -0.39 is 24.7 Å². The first-order valence-corrected chi connectivity index (χ1v) is 8.20. The third-order valence-corrected chi connectivity index (χ3v) is 5.14. The molecule has 4 atom stereocenters. The summed E-state index contributed by atoms with van der Waals surface area (Å²) < 4.78 is 0. The van der Waals surface area contributed by atoms with Crippen LogP contribution >= 0.6 is 0 Å². The molecule has 2 aliphatic rings. The average molecular weight is 327 g/mol. The predicted octanol–water partition coefficient (Wildman–Crippen LogP) is -1.38. The number of carboxylic acid groups (broad SMARTS) is 1. The normalized spacial score (nSPS) is 31.0. The Morgan fingerprint density at radius 2 is 2.13 bits per heavy atom. The van der Waals surface area contributed by atoms with Crippen molar-refractivity contribution >= 4 is 19.0 Å². The molecule has 0 spiro atoms. The molecule has 2 saturated heterocycles. The van der Waals surface area contributed by atoms with Crippen LogP contribution in [-0.4, -0.2) is 69.8 Å². The van der Waals surface area contributed by atoms with Crippen molar-refractivity contribution in [2.24, 2.45) is 11.7 Å². The molecule has 0 aromatic carbocycles. The number of rotatable bonds is 7. The van der Waals surface area contributed by atoms with Gasteiger partial charge in [0.1, 0.15) is 5.54 Å². The number of likely N-dealkylation sites (tertiary alicyclic amines) is 1. The van der Waals surface area contributed by atoms with Crippen molar-refractivity contribution in [3.8, 4) is 0 Å². The maximum atomic E-state index is 12.2. The van der Waals surface area contributed by atoms with Gasteiger partial charge in [0.25, 0.3) is 0 Å². The van der Waals surface area contributed by atoms with Gasteiger partial charge < -0.3 is 25.8 Å². The smallest absolute Gasteiger partial charge is 0.451 e. The maximum absolute atomic E-state index is 12.2. The fourth-order valence-electron chi connectivity index (χ4n) is 3.98. The van der Waals surface area contributed by atoms with Crippen LogP contribution in [0.25, 0.3) is 0 Å². The molecule has 2 aliphatic heterocycles. The molecule has 0 saturated carbocycles. The molecule has 1 unspecified atom stereocenters. The molecule has 2 rings (SSSR count). The summed E-state index contributed by atoms with van der Waals surface area (Å²) in [7, 11) is -1.36. The van der Waals surface area contributed by atoms with E-state index in [9.17, 15) is 14.7 Å². The number of hydrogen-bond acceptors (Lipinski definition) is 6. The first-order valence-electron chi connectivity index (χ1n) is 8.20. The summed E-state index contributed by atoms with van der Waals surface area (Å²) in [5, 5.41) is 30.7. The van der Waals surface area contributed by atoms with Crippen molar-refractivity contribution in [3.63, 3.8) is 0 Å². The topological polar surface area (TPSA) is 136 Å². The van der Waals surface area contributed by atoms with Crippen molar-refractivity contribution in [2.75, 3.05) is 13.1 Å².